The summed E-state index contributed by atoms with van der Waals surface area (Å²) in [4.78, 5) is 22.2. The summed E-state index contributed by atoms with van der Waals surface area (Å²) in [5.41, 5.74) is 0.574. The Morgan fingerprint density at radius 1 is 0.765 bits per heavy atom. The molecule has 0 atom stereocenters. The van der Waals surface area contributed by atoms with Crippen LogP contribution in [0.1, 0.15) is 27.6 Å². The van der Waals surface area contributed by atoms with E-state index in [0.29, 0.717) is 35.2 Å². The summed E-state index contributed by atoms with van der Waals surface area (Å²) in [6.07, 6.45) is 0. The number of hydrogen-bond donors (Lipinski definition) is 1. The van der Waals surface area contributed by atoms with Gasteiger partial charge in [0.15, 0.2) is 36.6 Å². The molecule has 11 nitrogen and oxygen atoms in total. The maximum absolute atomic E-state index is 11.5. The van der Waals surface area contributed by atoms with E-state index in [1.165, 1.54) is 46.6 Å². The Balaban J connectivity index is 0. The Morgan fingerprint density at radius 3 is 1.59 bits per heavy atom. The van der Waals surface area contributed by atoms with Crippen molar-refractivity contribution in [3.63, 3.8) is 0 Å². The minimum Gasteiger partial charge on any atom is -0.870 e. The Hall–Kier alpha value is -2.94. The number of esters is 1. The van der Waals surface area contributed by atoms with E-state index in [-0.39, 0.29) is 49.5 Å². The number of rotatable bonds is 11. The normalized spacial score (nSPS) is 9.21. The molecule has 12 heteroatoms. The van der Waals surface area contributed by atoms with E-state index in [2.05, 4.69) is 0 Å². The van der Waals surface area contributed by atoms with Gasteiger partial charge in [-0.1, -0.05) is 0 Å². The van der Waals surface area contributed by atoms with E-state index < -0.39 is 5.97 Å². The SMILES string of the molecule is CCOC(=O)c1ccc(OCOC)c(OC)c1.COCOc1ccc(C(=O)O)cc1OC.[Li+].[OH-]. The second-order valence-corrected chi connectivity index (χ2v) is 5.86. The predicted octanol–water partition coefficient (Wildman–Crippen LogP) is 0.0579. The van der Waals surface area contributed by atoms with E-state index in [1.54, 1.807) is 25.1 Å². The summed E-state index contributed by atoms with van der Waals surface area (Å²) in [6, 6.07) is 9.20. The average molecular weight is 476 g/mol. The largest absolute Gasteiger partial charge is 1.00 e. The summed E-state index contributed by atoms with van der Waals surface area (Å²) in [5.74, 6) is 0.405. The van der Waals surface area contributed by atoms with Crippen LogP contribution in [0.5, 0.6) is 23.0 Å². The van der Waals surface area contributed by atoms with E-state index >= 15 is 0 Å². The Morgan fingerprint density at radius 2 is 1.21 bits per heavy atom. The molecule has 0 fully saturated rings. The van der Waals surface area contributed by atoms with Crippen LogP contribution in [0.15, 0.2) is 36.4 Å². The van der Waals surface area contributed by atoms with Gasteiger partial charge in [0.05, 0.1) is 32.0 Å². The second kappa shape index (κ2) is 18.5. The standard InChI is InChI=1S/C12H16O5.C10H12O5.Li.H2O/c1-4-16-12(13)9-5-6-10(17-8-14-2)11(7-9)15-3;1-13-6-15-8-4-3-7(10(11)12)5-9(8)14-2;;/h5-7H,4,8H2,1-3H3;3-5H,6H2,1-2H3,(H,11,12);;1H2/q;;+1;/p-1. The van der Waals surface area contributed by atoms with Gasteiger partial charge in [0.1, 0.15) is 0 Å². The number of carboxylic acid groups (broad SMARTS) is 1. The first-order chi connectivity index (χ1) is 15.4. The fourth-order valence-corrected chi connectivity index (χ4v) is 2.29. The summed E-state index contributed by atoms with van der Waals surface area (Å²) in [6.45, 7) is 2.30. The molecule has 0 unspecified atom stereocenters. The summed E-state index contributed by atoms with van der Waals surface area (Å²) >= 11 is 0. The molecule has 2 rings (SSSR count). The summed E-state index contributed by atoms with van der Waals surface area (Å²) < 4.78 is 35.0. The number of benzene rings is 2. The van der Waals surface area contributed by atoms with Gasteiger partial charge in [0.25, 0.3) is 0 Å². The van der Waals surface area contributed by atoms with E-state index in [1.807, 2.05) is 0 Å². The Bertz CT molecular complexity index is 874. The van der Waals surface area contributed by atoms with Crippen LogP contribution in [0.25, 0.3) is 0 Å². The van der Waals surface area contributed by atoms with Crippen LogP contribution in [0.2, 0.25) is 0 Å². The zero-order valence-electron chi connectivity index (χ0n) is 20.2. The fourth-order valence-electron chi connectivity index (χ4n) is 2.29. The summed E-state index contributed by atoms with van der Waals surface area (Å²) in [5, 5.41) is 8.75. The first-order valence-electron chi connectivity index (χ1n) is 9.41. The molecule has 0 aliphatic heterocycles. The van der Waals surface area contributed by atoms with Crippen LogP contribution in [-0.2, 0) is 14.2 Å². The van der Waals surface area contributed by atoms with Crippen LogP contribution < -0.4 is 37.8 Å². The van der Waals surface area contributed by atoms with Crippen LogP contribution in [0.4, 0.5) is 0 Å². The molecule has 0 heterocycles. The quantitative estimate of drug-likeness (QED) is 0.266. The van der Waals surface area contributed by atoms with Gasteiger partial charge in [0, 0.05) is 14.2 Å². The van der Waals surface area contributed by atoms with Crippen LogP contribution >= 0.6 is 0 Å². The maximum Gasteiger partial charge on any atom is 1.00 e. The minimum atomic E-state index is -1.01. The number of carboxylic acids is 1. The molecular formula is C22H29LiO11. The minimum absolute atomic E-state index is 0. The molecule has 0 aromatic heterocycles. The predicted molar refractivity (Wildman–Crippen MR) is 116 cm³/mol. The van der Waals surface area contributed by atoms with Crippen molar-refractivity contribution in [3.8, 4) is 23.0 Å². The third kappa shape index (κ3) is 10.8. The van der Waals surface area contributed by atoms with Crippen molar-refractivity contribution >= 4 is 11.9 Å². The number of methoxy groups -OCH3 is 4. The molecule has 0 aliphatic rings. The average Bonchev–Trinajstić information content (AvgIpc) is 2.81. The van der Waals surface area contributed by atoms with Gasteiger partial charge in [-0.25, -0.2) is 9.59 Å². The number of carbonyl (C=O) groups excluding carboxylic acids is 1. The summed E-state index contributed by atoms with van der Waals surface area (Å²) in [7, 11) is 5.97. The van der Waals surface area contributed by atoms with Crippen LogP contribution in [0, 0.1) is 0 Å². The molecule has 0 spiro atoms. The molecule has 0 bridgehead atoms. The first kappa shape index (κ1) is 33.2. The molecule has 2 N–H and O–H groups in total. The van der Waals surface area contributed by atoms with E-state index in [0.717, 1.165) is 0 Å². The molecule has 34 heavy (non-hydrogen) atoms. The zero-order chi connectivity index (χ0) is 23.9. The van der Waals surface area contributed by atoms with Crippen molar-refractivity contribution in [1.82, 2.24) is 0 Å². The van der Waals surface area contributed by atoms with Gasteiger partial charge >= 0.3 is 30.8 Å². The van der Waals surface area contributed by atoms with Gasteiger partial charge < -0.3 is 43.7 Å². The molecule has 184 valence electrons. The Kier molecular flexibility index (Phi) is 18.1. The second-order valence-electron chi connectivity index (χ2n) is 5.86. The van der Waals surface area contributed by atoms with Gasteiger partial charge in [-0.05, 0) is 43.3 Å². The van der Waals surface area contributed by atoms with Crippen molar-refractivity contribution in [2.75, 3.05) is 48.6 Å². The van der Waals surface area contributed by atoms with Crippen molar-refractivity contribution < 1.29 is 72.2 Å². The number of carbonyl (C=O) groups is 2. The van der Waals surface area contributed by atoms with Gasteiger partial charge in [-0.3, -0.25) is 0 Å². The Labute approximate surface area is 210 Å². The zero-order valence-corrected chi connectivity index (χ0v) is 20.2. The first-order valence-corrected chi connectivity index (χ1v) is 9.41. The van der Waals surface area contributed by atoms with Crippen LogP contribution in [0.3, 0.4) is 0 Å². The molecule has 0 saturated carbocycles. The van der Waals surface area contributed by atoms with E-state index in [9.17, 15) is 9.59 Å². The molecule has 2 aromatic rings. The van der Waals surface area contributed by atoms with Crippen molar-refractivity contribution in [3.05, 3.63) is 47.5 Å². The monoisotopic (exact) mass is 476 g/mol. The van der Waals surface area contributed by atoms with Crippen molar-refractivity contribution in [2.45, 2.75) is 6.92 Å². The molecule has 0 saturated heterocycles. The molecule has 0 radical (unpaired) electrons. The van der Waals surface area contributed by atoms with Gasteiger partial charge in [-0.15, -0.1) is 0 Å². The van der Waals surface area contributed by atoms with Gasteiger partial charge in [-0.2, -0.15) is 0 Å². The molecule has 2 aromatic carbocycles. The number of hydrogen-bond acceptors (Lipinski definition) is 10. The maximum atomic E-state index is 11.5. The fraction of sp³-hybridized carbons (Fsp3) is 0.364. The van der Waals surface area contributed by atoms with Crippen LogP contribution in [-0.4, -0.2) is 71.2 Å². The third-order valence-electron chi connectivity index (χ3n) is 3.75. The topological polar surface area (TPSA) is 149 Å². The van der Waals surface area contributed by atoms with Crippen molar-refractivity contribution in [2.24, 2.45) is 0 Å². The smallest absolute Gasteiger partial charge is 0.870 e. The molecule has 0 aliphatic carbocycles. The third-order valence-corrected chi connectivity index (χ3v) is 3.75. The molecule has 0 amide bonds. The van der Waals surface area contributed by atoms with Crippen molar-refractivity contribution in [1.29, 1.82) is 0 Å². The van der Waals surface area contributed by atoms with Gasteiger partial charge in [0.2, 0.25) is 0 Å². The van der Waals surface area contributed by atoms with E-state index in [4.69, 9.17) is 38.3 Å². The number of aromatic carboxylic acids is 1. The number of ether oxygens (including phenoxy) is 7. The molecular weight excluding hydrogens is 447 g/mol.